The maximum Gasteiger partial charge on any atom is 0.348 e. The molecule has 1 aromatic carbocycles. The lowest BCUT2D eigenvalue weighted by Gasteiger charge is -2.23. The molecule has 126 valence electrons. The molecule has 0 N–H and O–H groups in total. The molecule has 1 saturated heterocycles. The van der Waals surface area contributed by atoms with E-state index in [4.69, 9.17) is 9.47 Å². The molecule has 1 heterocycles. The summed E-state index contributed by atoms with van der Waals surface area (Å²) in [7, 11) is 0. The van der Waals surface area contributed by atoms with Crippen LogP contribution in [0, 0.1) is 11.3 Å². The second-order valence-corrected chi connectivity index (χ2v) is 7.47. The minimum atomic E-state index is -0.822. The average molecular weight is 318 g/mol. The van der Waals surface area contributed by atoms with Crippen molar-refractivity contribution in [3.63, 3.8) is 0 Å². The molecule has 0 amide bonds. The first-order valence-electron chi connectivity index (χ1n) is 8.16. The summed E-state index contributed by atoms with van der Waals surface area (Å²) in [5.74, 6) is -0.660. The first-order valence-corrected chi connectivity index (χ1v) is 8.16. The Hall–Kier alpha value is -1.84. The lowest BCUT2D eigenvalue weighted by Crippen LogP contribution is -2.36. The number of benzene rings is 1. The molecule has 1 aromatic rings. The fourth-order valence-corrected chi connectivity index (χ4v) is 2.70. The molecule has 2 atom stereocenters. The zero-order valence-corrected chi connectivity index (χ0v) is 14.6. The van der Waals surface area contributed by atoms with Crippen LogP contribution in [0.1, 0.15) is 51.7 Å². The van der Waals surface area contributed by atoms with E-state index in [-0.39, 0.29) is 6.61 Å². The predicted molar refractivity (Wildman–Crippen MR) is 88.0 cm³/mol. The topological polar surface area (TPSA) is 52.6 Å². The number of carbonyl (C=O) groups is 2. The summed E-state index contributed by atoms with van der Waals surface area (Å²) in [5.41, 5.74) is 1.67. The Morgan fingerprint density at radius 3 is 2.35 bits per heavy atom. The third kappa shape index (κ3) is 4.12. The highest BCUT2D eigenvalue weighted by molar-refractivity contribution is 5.84. The summed E-state index contributed by atoms with van der Waals surface area (Å²) < 4.78 is 10.4. The fraction of sp³-hybridized carbons (Fsp3) is 0.579. The van der Waals surface area contributed by atoms with Gasteiger partial charge in [0.15, 0.2) is 0 Å². The first-order chi connectivity index (χ1) is 10.7. The first kappa shape index (κ1) is 17.5. The van der Waals surface area contributed by atoms with Crippen LogP contribution in [0.25, 0.3) is 0 Å². The summed E-state index contributed by atoms with van der Waals surface area (Å²) in [4.78, 5) is 24.1. The summed E-state index contributed by atoms with van der Waals surface area (Å²) >= 11 is 0. The van der Waals surface area contributed by atoms with Crippen molar-refractivity contribution in [2.75, 3.05) is 6.61 Å². The molecule has 0 aromatic heterocycles. The average Bonchev–Trinajstić information content (AvgIpc) is 2.73. The van der Waals surface area contributed by atoms with E-state index in [1.165, 1.54) is 5.56 Å². The normalized spacial score (nSPS) is 21.1. The van der Waals surface area contributed by atoms with E-state index in [9.17, 15) is 9.59 Å². The van der Waals surface area contributed by atoms with Crippen LogP contribution < -0.4 is 0 Å². The second-order valence-electron chi connectivity index (χ2n) is 7.47. The highest BCUT2D eigenvalue weighted by Crippen LogP contribution is 2.32. The summed E-state index contributed by atoms with van der Waals surface area (Å²) in [6, 6.07) is 8.02. The Labute approximate surface area is 138 Å². The number of esters is 2. The Morgan fingerprint density at radius 2 is 1.87 bits per heavy atom. The maximum atomic E-state index is 12.4. The van der Waals surface area contributed by atoms with Gasteiger partial charge in [0, 0.05) is 5.41 Å². The zero-order valence-electron chi connectivity index (χ0n) is 14.6. The Balaban J connectivity index is 2.03. The van der Waals surface area contributed by atoms with E-state index in [0.29, 0.717) is 5.92 Å². The predicted octanol–water partition coefficient (Wildman–Crippen LogP) is 3.48. The van der Waals surface area contributed by atoms with Crippen molar-refractivity contribution in [2.45, 2.75) is 53.1 Å². The van der Waals surface area contributed by atoms with Crippen LogP contribution in [0.2, 0.25) is 0 Å². The van der Waals surface area contributed by atoms with Crippen LogP contribution in [0.3, 0.4) is 0 Å². The van der Waals surface area contributed by atoms with Gasteiger partial charge in [-0.15, -0.1) is 0 Å². The third-order valence-electron chi connectivity index (χ3n) is 4.22. The fourth-order valence-electron chi connectivity index (χ4n) is 2.70. The third-order valence-corrected chi connectivity index (χ3v) is 4.22. The number of carbonyl (C=O) groups excluding carboxylic acids is 2. The molecule has 0 radical (unpaired) electrons. The van der Waals surface area contributed by atoms with E-state index in [2.05, 4.69) is 13.8 Å². The molecule has 4 heteroatoms. The highest BCUT2D eigenvalue weighted by atomic mass is 16.6. The minimum absolute atomic E-state index is 0.280. The molecular weight excluding hydrogens is 292 g/mol. The molecule has 0 saturated carbocycles. The quantitative estimate of drug-likeness (QED) is 0.780. The largest absolute Gasteiger partial charge is 0.462 e. The van der Waals surface area contributed by atoms with Crippen molar-refractivity contribution < 1.29 is 19.1 Å². The molecule has 1 fully saturated rings. The van der Waals surface area contributed by atoms with Gasteiger partial charge in [0.25, 0.3) is 0 Å². The maximum absolute atomic E-state index is 12.4. The van der Waals surface area contributed by atoms with Crippen molar-refractivity contribution in [1.82, 2.24) is 0 Å². The van der Waals surface area contributed by atoms with E-state index < -0.39 is 29.4 Å². The van der Waals surface area contributed by atoms with E-state index >= 15 is 0 Å². The number of cyclic esters (lactones) is 1. The van der Waals surface area contributed by atoms with Gasteiger partial charge >= 0.3 is 11.9 Å². The molecular formula is C19H26O4. The summed E-state index contributed by atoms with van der Waals surface area (Å²) in [6.07, 6.45) is 0.193. The zero-order chi connectivity index (χ0) is 17.2. The molecule has 0 bridgehead atoms. The summed E-state index contributed by atoms with van der Waals surface area (Å²) in [6.45, 7) is 10.2. The van der Waals surface area contributed by atoms with Gasteiger partial charge in [-0.05, 0) is 30.4 Å². The van der Waals surface area contributed by atoms with Crippen molar-refractivity contribution in [2.24, 2.45) is 11.3 Å². The van der Waals surface area contributed by atoms with Crippen LogP contribution in [0.5, 0.6) is 0 Å². The lowest BCUT2D eigenvalue weighted by atomic mass is 9.89. The van der Waals surface area contributed by atoms with Crippen molar-refractivity contribution >= 4 is 11.9 Å². The van der Waals surface area contributed by atoms with Gasteiger partial charge in [-0.2, -0.15) is 0 Å². The molecule has 4 nitrogen and oxygen atoms in total. The van der Waals surface area contributed by atoms with Crippen LogP contribution in [0.4, 0.5) is 0 Å². The van der Waals surface area contributed by atoms with Gasteiger partial charge in [0.1, 0.15) is 6.61 Å². The molecule has 1 aliphatic heterocycles. The van der Waals surface area contributed by atoms with Gasteiger partial charge in [0.05, 0.1) is 5.92 Å². The van der Waals surface area contributed by atoms with Crippen molar-refractivity contribution in [3.8, 4) is 0 Å². The highest BCUT2D eigenvalue weighted by Gasteiger charge is 2.47. The van der Waals surface area contributed by atoms with Gasteiger partial charge < -0.3 is 9.47 Å². The van der Waals surface area contributed by atoms with Crippen LogP contribution >= 0.6 is 0 Å². The monoisotopic (exact) mass is 318 g/mol. The molecule has 0 aliphatic carbocycles. The second kappa shape index (κ2) is 6.73. The van der Waals surface area contributed by atoms with Crippen molar-refractivity contribution in [3.05, 3.63) is 35.4 Å². The number of rotatable bonds is 5. The van der Waals surface area contributed by atoms with Crippen LogP contribution in [0.15, 0.2) is 24.3 Å². The van der Waals surface area contributed by atoms with E-state index in [1.807, 2.05) is 38.1 Å². The van der Waals surface area contributed by atoms with Gasteiger partial charge in [-0.1, -0.05) is 52.0 Å². The van der Waals surface area contributed by atoms with Crippen LogP contribution in [-0.2, 0) is 25.5 Å². The molecule has 1 aliphatic rings. The minimum Gasteiger partial charge on any atom is -0.462 e. The van der Waals surface area contributed by atoms with Crippen LogP contribution in [-0.4, -0.2) is 24.6 Å². The molecule has 2 rings (SSSR count). The molecule has 0 spiro atoms. The number of ether oxygens (including phenoxy) is 2. The molecule has 23 heavy (non-hydrogen) atoms. The SMILES string of the molecule is CC(C)Cc1ccc(C(C)C(=O)O[C@H]2C(=O)OCC2(C)C)cc1. The van der Waals surface area contributed by atoms with E-state index in [0.717, 1.165) is 12.0 Å². The van der Waals surface area contributed by atoms with E-state index in [1.54, 1.807) is 6.92 Å². The van der Waals surface area contributed by atoms with Gasteiger partial charge in [0.2, 0.25) is 6.10 Å². The van der Waals surface area contributed by atoms with Crippen molar-refractivity contribution in [1.29, 1.82) is 0 Å². The standard InChI is InChI=1S/C19H26O4/c1-12(2)10-14-6-8-15(9-7-14)13(3)17(20)23-16-18(21)22-11-19(16,4)5/h6-9,12-13,16H,10-11H2,1-5H3/t13?,16-/m0/s1. The number of hydrogen-bond donors (Lipinski definition) is 0. The lowest BCUT2D eigenvalue weighted by molar-refractivity contribution is -0.164. The Bertz CT molecular complexity index is 572. The smallest absolute Gasteiger partial charge is 0.348 e. The Morgan fingerprint density at radius 1 is 1.26 bits per heavy atom. The summed E-state index contributed by atoms with van der Waals surface area (Å²) in [5, 5.41) is 0. The van der Waals surface area contributed by atoms with Gasteiger partial charge in [-0.3, -0.25) is 4.79 Å². The molecule has 1 unspecified atom stereocenters. The number of hydrogen-bond acceptors (Lipinski definition) is 4. The van der Waals surface area contributed by atoms with Gasteiger partial charge in [-0.25, -0.2) is 4.79 Å². The Kier molecular flexibility index (Phi) is 5.12.